The number of nitrogens with zero attached hydrogens (tertiary/aromatic N) is 1. The predicted octanol–water partition coefficient (Wildman–Crippen LogP) is 7.03. The zero-order valence-corrected chi connectivity index (χ0v) is 21.3. The van der Waals surface area contributed by atoms with Crippen molar-refractivity contribution in [1.82, 2.24) is 4.98 Å². The lowest BCUT2D eigenvalue weighted by molar-refractivity contribution is 0.363. The number of aryl methyl sites for hydroxylation is 3. The molecular weight excluding hydrogens is 416 g/mol. The topological polar surface area (TPSA) is 48.1 Å². The second kappa shape index (κ2) is 11.2. The molecule has 0 spiro atoms. The van der Waals surface area contributed by atoms with Gasteiger partial charge in [-0.2, -0.15) is 0 Å². The molecule has 180 valence electrons. The lowest BCUT2D eigenvalue weighted by Crippen LogP contribution is -2.35. The van der Waals surface area contributed by atoms with Crippen LogP contribution in [0, 0.1) is 12.8 Å². The predicted molar refractivity (Wildman–Crippen MR) is 143 cm³/mol. The van der Waals surface area contributed by atoms with Gasteiger partial charge in [-0.3, -0.25) is 4.98 Å². The number of hydrogen-bond donors (Lipinski definition) is 1. The molecule has 4 rings (SSSR count). The summed E-state index contributed by atoms with van der Waals surface area (Å²) in [6.45, 7) is 6.53. The highest BCUT2D eigenvalue weighted by Gasteiger charge is 2.32. The lowest BCUT2D eigenvalue weighted by atomic mass is 9.77. The van der Waals surface area contributed by atoms with Crippen LogP contribution in [0.25, 0.3) is 11.3 Å². The Kier molecular flexibility index (Phi) is 8.05. The van der Waals surface area contributed by atoms with Crippen molar-refractivity contribution in [2.45, 2.75) is 77.7 Å². The van der Waals surface area contributed by atoms with E-state index in [-0.39, 0.29) is 6.04 Å². The molecule has 0 aliphatic heterocycles. The largest absolute Gasteiger partial charge is 0.496 e. The quantitative estimate of drug-likeness (QED) is 0.376. The molecule has 2 unspecified atom stereocenters. The Hall–Kier alpha value is -2.65. The Balaban J connectivity index is 1.70. The molecule has 34 heavy (non-hydrogen) atoms. The number of rotatable bonds is 9. The van der Waals surface area contributed by atoms with Gasteiger partial charge in [-0.15, -0.1) is 0 Å². The number of pyridine rings is 1. The van der Waals surface area contributed by atoms with Gasteiger partial charge in [0.2, 0.25) is 0 Å². The first-order chi connectivity index (χ1) is 16.6. The van der Waals surface area contributed by atoms with Gasteiger partial charge in [-0.1, -0.05) is 75.2 Å². The van der Waals surface area contributed by atoms with Gasteiger partial charge < -0.3 is 10.5 Å². The summed E-state index contributed by atoms with van der Waals surface area (Å²) in [5.74, 6) is 1.92. The third-order valence-corrected chi connectivity index (χ3v) is 7.76. The highest BCUT2D eigenvalue weighted by Crippen LogP contribution is 2.41. The Morgan fingerprint density at radius 3 is 2.21 bits per heavy atom. The smallest absolute Gasteiger partial charge is 0.126 e. The fraction of sp³-hybridized carbons (Fsp3) is 0.452. The molecule has 0 amide bonds. The van der Waals surface area contributed by atoms with Crippen LogP contribution in [-0.2, 0) is 19.3 Å². The van der Waals surface area contributed by atoms with Gasteiger partial charge in [0.15, 0.2) is 0 Å². The van der Waals surface area contributed by atoms with E-state index in [9.17, 15) is 0 Å². The van der Waals surface area contributed by atoms with Crippen molar-refractivity contribution in [3.8, 4) is 17.0 Å². The van der Waals surface area contributed by atoms with Gasteiger partial charge in [0.25, 0.3) is 0 Å². The normalized spacial score (nSPS) is 15.9. The van der Waals surface area contributed by atoms with Crippen LogP contribution in [0.1, 0.15) is 73.4 Å². The average Bonchev–Trinajstić information content (AvgIpc) is 3.39. The van der Waals surface area contributed by atoms with Crippen LogP contribution in [0.5, 0.6) is 5.75 Å². The molecule has 1 aromatic heterocycles. The second-order valence-corrected chi connectivity index (χ2v) is 9.78. The Morgan fingerprint density at radius 1 is 0.971 bits per heavy atom. The number of methoxy groups -OCH3 is 1. The Labute approximate surface area is 205 Å². The zero-order chi connectivity index (χ0) is 24.1. The maximum Gasteiger partial charge on any atom is 0.126 e. The molecule has 3 heteroatoms. The van der Waals surface area contributed by atoms with Crippen LogP contribution in [0.2, 0.25) is 0 Å². The third-order valence-electron chi connectivity index (χ3n) is 7.76. The molecule has 1 aliphatic rings. The second-order valence-electron chi connectivity index (χ2n) is 9.78. The number of benzene rings is 2. The van der Waals surface area contributed by atoms with Gasteiger partial charge in [-0.05, 0) is 61.6 Å². The van der Waals surface area contributed by atoms with Gasteiger partial charge in [-0.25, -0.2) is 0 Å². The van der Waals surface area contributed by atoms with E-state index in [1.54, 1.807) is 7.11 Å². The van der Waals surface area contributed by atoms with Crippen LogP contribution >= 0.6 is 0 Å². The summed E-state index contributed by atoms with van der Waals surface area (Å²) in [7, 11) is 1.77. The first kappa shape index (κ1) is 24.5. The third kappa shape index (κ3) is 5.05. The van der Waals surface area contributed by atoms with Crippen LogP contribution in [0.4, 0.5) is 0 Å². The standard InChI is InChI=1S/C31H40N2O/c1-5-22-17-12-18-23(6-2)31(22)28-20-29(34-4)26(21(3)33-28)19-27(32)30(25-15-10-11-16-25)24-13-8-7-9-14-24/h7-9,12-14,17-18,20,25,27,30H,5-6,10-11,15-16,19,32H2,1-4H3. The van der Waals surface area contributed by atoms with E-state index < -0.39 is 0 Å². The molecule has 0 bridgehead atoms. The summed E-state index contributed by atoms with van der Waals surface area (Å²) in [6.07, 6.45) is 7.92. The molecule has 0 radical (unpaired) electrons. The van der Waals surface area contributed by atoms with Crippen molar-refractivity contribution in [1.29, 1.82) is 0 Å². The van der Waals surface area contributed by atoms with E-state index in [4.69, 9.17) is 15.5 Å². The molecule has 2 atom stereocenters. The summed E-state index contributed by atoms with van der Waals surface area (Å²) in [6, 6.07) is 19.6. The van der Waals surface area contributed by atoms with Crippen LogP contribution < -0.4 is 10.5 Å². The number of nitrogens with two attached hydrogens (primary N) is 1. The molecule has 1 heterocycles. The van der Waals surface area contributed by atoms with Gasteiger partial charge in [0.05, 0.1) is 12.8 Å². The SMILES string of the molecule is CCc1cccc(CC)c1-c1cc(OC)c(CC(N)C(c2ccccc2)C2CCCC2)c(C)n1. The zero-order valence-electron chi connectivity index (χ0n) is 21.3. The van der Waals surface area contributed by atoms with Crippen LogP contribution in [-0.4, -0.2) is 18.1 Å². The van der Waals surface area contributed by atoms with Crippen molar-refractivity contribution in [2.75, 3.05) is 7.11 Å². The molecule has 0 saturated heterocycles. The number of ether oxygens (including phenoxy) is 1. The highest BCUT2D eigenvalue weighted by molar-refractivity contribution is 5.70. The highest BCUT2D eigenvalue weighted by atomic mass is 16.5. The van der Waals surface area contributed by atoms with E-state index in [0.29, 0.717) is 11.8 Å². The first-order valence-electron chi connectivity index (χ1n) is 13.0. The van der Waals surface area contributed by atoms with E-state index in [1.807, 2.05) is 0 Å². The minimum Gasteiger partial charge on any atom is -0.496 e. The monoisotopic (exact) mass is 456 g/mol. The maximum absolute atomic E-state index is 7.01. The average molecular weight is 457 g/mol. The molecule has 1 fully saturated rings. The molecule has 3 aromatic rings. The molecule has 1 aliphatic carbocycles. The summed E-state index contributed by atoms with van der Waals surface area (Å²) in [5, 5.41) is 0. The minimum absolute atomic E-state index is 0.0277. The van der Waals surface area contributed by atoms with Crippen molar-refractivity contribution in [3.05, 3.63) is 82.5 Å². The van der Waals surface area contributed by atoms with Gasteiger partial charge in [0.1, 0.15) is 5.75 Å². The number of hydrogen-bond acceptors (Lipinski definition) is 3. The summed E-state index contributed by atoms with van der Waals surface area (Å²) in [4.78, 5) is 5.12. The van der Waals surface area contributed by atoms with Crippen molar-refractivity contribution in [3.63, 3.8) is 0 Å². The molecule has 3 nitrogen and oxygen atoms in total. The van der Waals surface area contributed by atoms with E-state index in [2.05, 4.69) is 75.4 Å². The summed E-state index contributed by atoms with van der Waals surface area (Å²) >= 11 is 0. The molecule has 2 aromatic carbocycles. The Bertz CT molecular complexity index is 1060. The molecule has 2 N–H and O–H groups in total. The van der Waals surface area contributed by atoms with Gasteiger partial charge in [0, 0.05) is 34.8 Å². The van der Waals surface area contributed by atoms with E-state index in [0.717, 1.165) is 42.0 Å². The first-order valence-corrected chi connectivity index (χ1v) is 13.0. The minimum atomic E-state index is 0.0277. The van der Waals surface area contributed by atoms with Crippen molar-refractivity contribution >= 4 is 0 Å². The number of aromatic nitrogens is 1. The maximum atomic E-state index is 7.01. The van der Waals surface area contributed by atoms with E-state index in [1.165, 1.54) is 47.9 Å². The molecular formula is C31H40N2O. The lowest BCUT2D eigenvalue weighted by Gasteiger charge is -2.31. The van der Waals surface area contributed by atoms with Crippen LogP contribution in [0.15, 0.2) is 54.6 Å². The summed E-state index contributed by atoms with van der Waals surface area (Å²) < 4.78 is 5.95. The van der Waals surface area contributed by atoms with Gasteiger partial charge >= 0.3 is 0 Å². The summed E-state index contributed by atoms with van der Waals surface area (Å²) in [5.41, 5.74) is 15.5. The fourth-order valence-corrected chi connectivity index (χ4v) is 6.02. The molecule has 1 saturated carbocycles. The van der Waals surface area contributed by atoms with Crippen molar-refractivity contribution < 1.29 is 4.74 Å². The Morgan fingerprint density at radius 2 is 1.62 bits per heavy atom. The van der Waals surface area contributed by atoms with E-state index >= 15 is 0 Å². The van der Waals surface area contributed by atoms with Crippen LogP contribution in [0.3, 0.4) is 0 Å². The van der Waals surface area contributed by atoms with Crippen molar-refractivity contribution in [2.24, 2.45) is 11.7 Å². The fourth-order valence-electron chi connectivity index (χ4n) is 6.02.